The lowest BCUT2D eigenvalue weighted by atomic mass is 10.1. The van der Waals surface area contributed by atoms with Gasteiger partial charge in [-0.2, -0.15) is 0 Å². The Morgan fingerprint density at radius 1 is 1.27 bits per heavy atom. The van der Waals surface area contributed by atoms with E-state index < -0.39 is 0 Å². The second-order valence-corrected chi connectivity index (χ2v) is 6.55. The van der Waals surface area contributed by atoms with E-state index in [4.69, 9.17) is 4.74 Å². The molecule has 6 heteroatoms. The Hall–Kier alpha value is -2.89. The van der Waals surface area contributed by atoms with Crippen molar-refractivity contribution in [1.29, 1.82) is 0 Å². The van der Waals surface area contributed by atoms with Crippen molar-refractivity contribution in [3.8, 4) is 5.75 Å². The monoisotopic (exact) mass is 352 g/mol. The van der Waals surface area contributed by atoms with Gasteiger partial charge in [0.2, 0.25) is 0 Å². The minimum absolute atomic E-state index is 0.215. The maximum atomic E-state index is 14.0. The van der Waals surface area contributed by atoms with E-state index in [1.165, 1.54) is 6.07 Å². The van der Waals surface area contributed by atoms with Gasteiger partial charge in [-0.15, -0.1) is 0 Å². The smallest absolute Gasteiger partial charge is 0.165 e. The van der Waals surface area contributed by atoms with Crippen LogP contribution in [0.4, 0.5) is 15.9 Å². The average molecular weight is 352 g/mol. The first-order valence-corrected chi connectivity index (χ1v) is 8.72. The van der Waals surface area contributed by atoms with Gasteiger partial charge in [0.1, 0.15) is 11.3 Å². The second kappa shape index (κ2) is 6.78. The number of anilines is 2. The number of hydrogen-bond acceptors (Lipinski definition) is 5. The number of benzene rings is 1. The third-order valence-electron chi connectivity index (χ3n) is 4.74. The summed E-state index contributed by atoms with van der Waals surface area (Å²) in [6.07, 6.45) is 2.55. The second-order valence-electron chi connectivity index (χ2n) is 6.55. The molecule has 0 saturated carbocycles. The van der Waals surface area contributed by atoms with Gasteiger partial charge in [-0.3, -0.25) is 0 Å². The van der Waals surface area contributed by atoms with Crippen molar-refractivity contribution in [3.05, 3.63) is 54.1 Å². The third kappa shape index (κ3) is 3.03. The summed E-state index contributed by atoms with van der Waals surface area (Å²) < 4.78 is 19.4. The molecule has 4 rings (SSSR count). The van der Waals surface area contributed by atoms with Gasteiger partial charge < -0.3 is 15.0 Å². The van der Waals surface area contributed by atoms with Crippen LogP contribution in [0.15, 0.2) is 42.6 Å². The van der Waals surface area contributed by atoms with Crippen LogP contribution in [0, 0.1) is 12.7 Å². The Kier molecular flexibility index (Phi) is 4.32. The van der Waals surface area contributed by atoms with E-state index in [1.54, 1.807) is 19.4 Å². The molecule has 0 radical (unpaired) electrons. The van der Waals surface area contributed by atoms with E-state index in [-0.39, 0.29) is 11.9 Å². The number of rotatable bonds is 4. The van der Waals surface area contributed by atoms with Crippen LogP contribution in [0.2, 0.25) is 0 Å². The summed E-state index contributed by atoms with van der Waals surface area (Å²) >= 11 is 0. The van der Waals surface area contributed by atoms with Crippen LogP contribution >= 0.6 is 0 Å². The zero-order valence-electron chi connectivity index (χ0n) is 14.9. The largest absolute Gasteiger partial charge is 0.494 e. The van der Waals surface area contributed by atoms with Crippen LogP contribution < -0.4 is 15.0 Å². The molecule has 0 spiro atoms. The molecule has 1 aromatic carbocycles. The Morgan fingerprint density at radius 3 is 2.96 bits per heavy atom. The molecule has 0 bridgehead atoms. The molecular weight excluding hydrogens is 331 g/mol. The first kappa shape index (κ1) is 16.6. The van der Waals surface area contributed by atoms with Gasteiger partial charge in [-0.25, -0.2) is 14.4 Å². The van der Waals surface area contributed by atoms with Crippen molar-refractivity contribution < 1.29 is 9.13 Å². The Bertz CT molecular complexity index is 946. The van der Waals surface area contributed by atoms with Gasteiger partial charge >= 0.3 is 0 Å². The lowest BCUT2D eigenvalue weighted by molar-refractivity contribution is 0.419. The number of aromatic nitrogens is 2. The number of fused-ring (bicyclic) bond motifs is 1. The number of pyridine rings is 2. The highest BCUT2D eigenvalue weighted by Gasteiger charge is 2.25. The van der Waals surface area contributed by atoms with Crippen LogP contribution in [-0.4, -0.2) is 36.2 Å². The highest BCUT2D eigenvalue weighted by Crippen LogP contribution is 2.31. The SMILES string of the molecule is COc1cccc2c(NC3CCN(c4ncccc4F)C3)cc(C)nc12. The predicted molar refractivity (Wildman–Crippen MR) is 101 cm³/mol. The zero-order valence-corrected chi connectivity index (χ0v) is 14.9. The van der Waals surface area contributed by atoms with Gasteiger partial charge in [0.05, 0.1) is 7.11 Å². The summed E-state index contributed by atoms with van der Waals surface area (Å²) in [5, 5.41) is 4.63. The zero-order chi connectivity index (χ0) is 18.1. The molecular formula is C20H21FN4O. The fraction of sp³-hybridized carbons (Fsp3) is 0.300. The molecule has 3 aromatic rings. The number of para-hydroxylation sites is 1. The first-order chi connectivity index (χ1) is 12.7. The van der Waals surface area contributed by atoms with Gasteiger partial charge in [0, 0.05) is 42.1 Å². The number of methoxy groups -OCH3 is 1. The van der Waals surface area contributed by atoms with Crippen LogP contribution in [0.5, 0.6) is 5.75 Å². The summed E-state index contributed by atoms with van der Waals surface area (Å²) in [6, 6.07) is 11.3. The molecule has 5 nitrogen and oxygen atoms in total. The van der Waals surface area contributed by atoms with Crippen molar-refractivity contribution >= 4 is 22.4 Å². The number of nitrogens with zero attached hydrogens (tertiary/aromatic N) is 3. The highest BCUT2D eigenvalue weighted by molar-refractivity contribution is 5.95. The Morgan fingerprint density at radius 2 is 2.15 bits per heavy atom. The molecule has 1 aliphatic rings. The standard InChI is InChI=1S/C20H21FN4O/c1-13-11-17(15-5-3-7-18(26-2)19(15)23-13)24-14-8-10-25(12-14)20-16(21)6-4-9-22-20/h3-7,9,11,14H,8,10,12H2,1-2H3,(H,23,24). The summed E-state index contributed by atoms with van der Waals surface area (Å²) in [7, 11) is 1.65. The summed E-state index contributed by atoms with van der Waals surface area (Å²) in [6.45, 7) is 3.46. The number of hydrogen-bond donors (Lipinski definition) is 1. The van der Waals surface area contributed by atoms with E-state index >= 15 is 0 Å². The third-order valence-corrected chi connectivity index (χ3v) is 4.74. The lowest BCUT2D eigenvalue weighted by Crippen LogP contribution is -2.27. The summed E-state index contributed by atoms with van der Waals surface area (Å²) in [5.41, 5.74) is 2.80. The molecule has 1 N–H and O–H groups in total. The molecule has 134 valence electrons. The van der Waals surface area contributed by atoms with Gasteiger partial charge in [0.25, 0.3) is 0 Å². The van der Waals surface area contributed by atoms with E-state index in [2.05, 4.69) is 15.3 Å². The molecule has 1 saturated heterocycles. The molecule has 2 aromatic heterocycles. The maximum Gasteiger partial charge on any atom is 0.165 e. The van der Waals surface area contributed by atoms with Crippen molar-refractivity contribution in [2.75, 3.05) is 30.4 Å². The quantitative estimate of drug-likeness (QED) is 0.774. The predicted octanol–water partition coefficient (Wildman–Crippen LogP) is 3.78. The van der Waals surface area contributed by atoms with Crippen LogP contribution in [0.3, 0.4) is 0 Å². The summed E-state index contributed by atoms with van der Waals surface area (Å²) in [4.78, 5) is 10.8. The molecule has 3 heterocycles. The van der Waals surface area contributed by atoms with Crippen LogP contribution in [0.1, 0.15) is 12.1 Å². The first-order valence-electron chi connectivity index (χ1n) is 8.72. The number of aryl methyl sites for hydroxylation is 1. The molecule has 0 amide bonds. The normalized spacial score (nSPS) is 16.9. The average Bonchev–Trinajstić information content (AvgIpc) is 3.10. The van der Waals surface area contributed by atoms with E-state index in [0.29, 0.717) is 12.4 Å². The van der Waals surface area contributed by atoms with Gasteiger partial charge in [-0.1, -0.05) is 12.1 Å². The lowest BCUT2D eigenvalue weighted by Gasteiger charge is -2.20. The van der Waals surface area contributed by atoms with Gasteiger partial charge in [-0.05, 0) is 37.6 Å². The van der Waals surface area contributed by atoms with Crippen LogP contribution in [-0.2, 0) is 0 Å². The van der Waals surface area contributed by atoms with E-state index in [1.807, 2.05) is 36.1 Å². The van der Waals surface area contributed by atoms with Gasteiger partial charge in [0.15, 0.2) is 11.6 Å². The van der Waals surface area contributed by atoms with E-state index in [0.717, 1.165) is 41.0 Å². The van der Waals surface area contributed by atoms with Crippen molar-refractivity contribution in [3.63, 3.8) is 0 Å². The fourth-order valence-electron chi connectivity index (χ4n) is 3.53. The molecule has 1 atom stereocenters. The van der Waals surface area contributed by atoms with Crippen molar-refractivity contribution in [1.82, 2.24) is 9.97 Å². The highest BCUT2D eigenvalue weighted by atomic mass is 19.1. The topological polar surface area (TPSA) is 50.3 Å². The number of halogens is 1. The molecule has 1 fully saturated rings. The summed E-state index contributed by atoms with van der Waals surface area (Å²) in [5.74, 6) is 0.912. The number of ether oxygens (including phenoxy) is 1. The maximum absolute atomic E-state index is 14.0. The molecule has 1 aliphatic heterocycles. The number of nitrogens with one attached hydrogen (secondary N) is 1. The Balaban J connectivity index is 1.60. The van der Waals surface area contributed by atoms with Crippen LogP contribution in [0.25, 0.3) is 10.9 Å². The fourth-order valence-corrected chi connectivity index (χ4v) is 3.53. The van der Waals surface area contributed by atoms with E-state index in [9.17, 15) is 4.39 Å². The Labute approximate surface area is 151 Å². The minimum Gasteiger partial charge on any atom is -0.494 e. The van der Waals surface area contributed by atoms with Crippen molar-refractivity contribution in [2.45, 2.75) is 19.4 Å². The molecule has 26 heavy (non-hydrogen) atoms. The minimum atomic E-state index is -0.275. The van der Waals surface area contributed by atoms with Crippen molar-refractivity contribution in [2.24, 2.45) is 0 Å². The molecule has 0 aliphatic carbocycles. The molecule has 1 unspecified atom stereocenters.